The third-order valence-electron chi connectivity index (χ3n) is 5.69. The molecule has 0 saturated carbocycles. The van der Waals surface area contributed by atoms with E-state index in [1.807, 2.05) is 19.0 Å². The van der Waals surface area contributed by atoms with Gasteiger partial charge in [-0.25, -0.2) is 15.0 Å². The largest absolute Gasteiger partial charge is 0.418 e. The number of alkyl halides is 3. The number of amides is 2. The molecule has 2 aromatic heterocycles. The first-order valence-electron chi connectivity index (χ1n) is 11.6. The van der Waals surface area contributed by atoms with E-state index in [-0.39, 0.29) is 21.4 Å². The first-order chi connectivity index (χ1) is 18.2. The summed E-state index contributed by atoms with van der Waals surface area (Å²) in [5, 5.41) is 10.8. The third kappa shape index (κ3) is 7.87. The van der Waals surface area contributed by atoms with Crippen molar-refractivity contribution in [3.05, 3.63) is 51.0 Å². The maximum atomic E-state index is 13.1. The van der Waals surface area contributed by atoms with E-state index in [9.17, 15) is 22.8 Å². The highest BCUT2D eigenvalue weighted by Crippen LogP contribution is 2.39. The SMILES string of the molecule is CC(NC(=O)c1ncnc(NCCCN(C)C)c1Cl)C1(C)NC=C(C(=O)Nc2cc(C(F)(F)F)c(Cl)cn2)S1. The highest BCUT2D eigenvalue weighted by molar-refractivity contribution is 8.05. The van der Waals surface area contributed by atoms with E-state index in [0.717, 1.165) is 30.9 Å². The molecule has 0 radical (unpaired) electrons. The molecule has 2 amide bonds. The summed E-state index contributed by atoms with van der Waals surface area (Å²) < 4.78 is 39.4. The number of carbonyl (C=O) groups excluding carboxylic acids is 2. The van der Waals surface area contributed by atoms with Crippen molar-refractivity contribution < 1.29 is 22.8 Å². The molecule has 0 aromatic carbocycles. The maximum Gasteiger partial charge on any atom is 0.418 e. The first kappa shape index (κ1) is 30.7. The summed E-state index contributed by atoms with van der Waals surface area (Å²) in [5.74, 6) is -1.19. The van der Waals surface area contributed by atoms with E-state index < -0.39 is 39.5 Å². The average Bonchev–Trinajstić information content (AvgIpc) is 3.26. The van der Waals surface area contributed by atoms with Crippen LogP contribution in [-0.2, 0) is 11.0 Å². The van der Waals surface area contributed by atoms with Crippen molar-refractivity contribution >= 4 is 58.4 Å². The van der Waals surface area contributed by atoms with E-state index in [2.05, 4.69) is 36.2 Å². The summed E-state index contributed by atoms with van der Waals surface area (Å²) in [6, 6.07) is 0.108. The second kappa shape index (κ2) is 12.6. The van der Waals surface area contributed by atoms with E-state index in [1.54, 1.807) is 13.8 Å². The van der Waals surface area contributed by atoms with Gasteiger partial charge in [0.05, 0.1) is 21.5 Å². The molecule has 0 saturated heterocycles. The molecule has 2 aromatic rings. The quantitative estimate of drug-likeness (QED) is 0.294. The molecule has 39 heavy (non-hydrogen) atoms. The molecular weight excluding hydrogens is 580 g/mol. The molecule has 0 spiro atoms. The van der Waals surface area contributed by atoms with Crippen molar-refractivity contribution in [2.75, 3.05) is 37.8 Å². The zero-order valence-electron chi connectivity index (χ0n) is 21.4. The molecule has 0 bridgehead atoms. The zero-order chi connectivity index (χ0) is 29.0. The van der Waals surface area contributed by atoms with Crippen LogP contribution >= 0.6 is 35.0 Å². The lowest BCUT2D eigenvalue weighted by molar-refractivity contribution is -0.137. The topological polar surface area (TPSA) is 124 Å². The normalized spacial score (nSPS) is 17.8. The van der Waals surface area contributed by atoms with E-state index >= 15 is 0 Å². The van der Waals surface area contributed by atoms with Crippen LogP contribution in [0.1, 0.15) is 36.3 Å². The zero-order valence-corrected chi connectivity index (χ0v) is 23.7. The van der Waals surface area contributed by atoms with Gasteiger partial charge in [-0.3, -0.25) is 9.59 Å². The highest BCUT2D eigenvalue weighted by Gasteiger charge is 2.40. The summed E-state index contributed by atoms with van der Waals surface area (Å²) in [5.41, 5.74) is -1.13. The van der Waals surface area contributed by atoms with Crippen LogP contribution in [0.3, 0.4) is 0 Å². The van der Waals surface area contributed by atoms with Gasteiger partial charge in [-0.1, -0.05) is 35.0 Å². The Morgan fingerprint density at radius 1 is 1.21 bits per heavy atom. The van der Waals surface area contributed by atoms with E-state index in [0.29, 0.717) is 18.4 Å². The van der Waals surface area contributed by atoms with Gasteiger partial charge in [-0.05, 0) is 47.0 Å². The Hall–Kier alpha value is -2.81. The third-order valence-corrected chi connectivity index (χ3v) is 7.77. The molecular formula is C23H27Cl2F3N8O2S. The number of anilines is 2. The van der Waals surface area contributed by atoms with Crippen LogP contribution in [-0.4, -0.2) is 69.8 Å². The van der Waals surface area contributed by atoms with Crippen molar-refractivity contribution in [2.24, 2.45) is 0 Å². The molecule has 1 aliphatic rings. The molecule has 0 fully saturated rings. The fraction of sp³-hybridized carbons (Fsp3) is 0.435. The summed E-state index contributed by atoms with van der Waals surface area (Å²) >= 11 is 13.1. The summed E-state index contributed by atoms with van der Waals surface area (Å²) in [4.78, 5) is 38.9. The van der Waals surface area contributed by atoms with Crippen molar-refractivity contribution in [3.63, 3.8) is 0 Å². The predicted molar refractivity (Wildman–Crippen MR) is 146 cm³/mol. The van der Waals surface area contributed by atoms with Gasteiger partial charge in [0.1, 0.15) is 27.9 Å². The van der Waals surface area contributed by atoms with Gasteiger partial charge in [-0.2, -0.15) is 13.2 Å². The minimum Gasteiger partial charge on any atom is -0.374 e. The van der Waals surface area contributed by atoms with Crippen LogP contribution in [0.5, 0.6) is 0 Å². The minimum absolute atomic E-state index is 0.0135. The van der Waals surface area contributed by atoms with Gasteiger partial charge < -0.3 is 26.2 Å². The van der Waals surface area contributed by atoms with Gasteiger partial charge in [0, 0.05) is 18.9 Å². The summed E-state index contributed by atoms with van der Waals surface area (Å²) in [7, 11) is 3.93. The molecule has 3 rings (SSSR count). The van der Waals surface area contributed by atoms with Crippen LogP contribution in [0.15, 0.2) is 29.7 Å². The number of aromatic nitrogens is 3. The second-order valence-electron chi connectivity index (χ2n) is 9.03. The molecule has 3 heterocycles. The van der Waals surface area contributed by atoms with E-state index in [1.165, 1.54) is 12.5 Å². The number of pyridine rings is 1. The second-order valence-corrected chi connectivity index (χ2v) is 11.3. The number of hydrogen-bond donors (Lipinski definition) is 4. The first-order valence-corrected chi connectivity index (χ1v) is 13.2. The smallest absolute Gasteiger partial charge is 0.374 e. The van der Waals surface area contributed by atoms with Gasteiger partial charge in [0.25, 0.3) is 11.8 Å². The molecule has 4 N–H and O–H groups in total. The molecule has 10 nitrogen and oxygen atoms in total. The Morgan fingerprint density at radius 2 is 1.92 bits per heavy atom. The van der Waals surface area contributed by atoms with Crippen molar-refractivity contribution in [2.45, 2.75) is 37.4 Å². The molecule has 0 aliphatic carbocycles. The van der Waals surface area contributed by atoms with Gasteiger partial charge in [0.2, 0.25) is 0 Å². The van der Waals surface area contributed by atoms with Gasteiger partial charge >= 0.3 is 6.18 Å². The van der Waals surface area contributed by atoms with Crippen molar-refractivity contribution in [1.29, 1.82) is 0 Å². The average molecular weight is 607 g/mol. The van der Waals surface area contributed by atoms with Crippen LogP contribution < -0.4 is 21.3 Å². The lowest BCUT2D eigenvalue weighted by atomic mass is 10.1. The lowest BCUT2D eigenvalue weighted by Gasteiger charge is -2.32. The van der Waals surface area contributed by atoms with Crippen molar-refractivity contribution in [3.8, 4) is 0 Å². The molecule has 16 heteroatoms. The summed E-state index contributed by atoms with van der Waals surface area (Å²) in [6.45, 7) is 4.94. The molecule has 1 aliphatic heterocycles. The Morgan fingerprint density at radius 3 is 2.59 bits per heavy atom. The predicted octanol–water partition coefficient (Wildman–Crippen LogP) is 4.21. The van der Waals surface area contributed by atoms with Gasteiger partial charge in [-0.15, -0.1) is 0 Å². The Kier molecular flexibility index (Phi) is 9.91. The standard InChI is InChI=1S/C23H27Cl2F3N8O2S/c1-12(34-21(38)18-17(25)19(32-11-31-18)29-6-5-7-36(3)4)22(2)33-10-15(39-22)20(37)35-16-8-13(23(26,27)28)14(24)9-30-16/h8-12,33H,5-7H2,1-4H3,(H,34,38)(H,29,31,32)(H,30,35,37). The minimum atomic E-state index is -4.70. The fourth-order valence-electron chi connectivity index (χ4n) is 3.38. The number of hydrogen-bond acceptors (Lipinski definition) is 9. The number of carbonyl (C=O) groups is 2. The Labute approximate surface area is 237 Å². The number of rotatable bonds is 10. The van der Waals surface area contributed by atoms with Crippen LogP contribution in [0.2, 0.25) is 10.0 Å². The van der Waals surface area contributed by atoms with Crippen LogP contribution in [0, 0.1) is 0 Å². The Bertz CT molecular complexity index is 1260. The number of nitrogens with one attached hydrogen (secondary N) is 4. The molecule has 2 unspecified atom stereocenters. The number of nitrogens with zero attached hydrogens (tertiary/aromatic N) is 4. The highest BCUT2D eigenvalue weighted by atomic mass is 35.5. The molecule has 212 valence electrons. The maximum absolute atomic E-state index is 13.1. The fourth-order valence-corrected chi connectivity index (χ4v) is 4.91. The van der Waals surface area contributed by atoms with Crippen LogP contribution in [0.4, 0.5) is 24.8 Å². The van der Waals surface area contributed by atoms with E-state index in [4.69, 9.17) is 23.2 Å². The van der Waals surface area contributed by atoms with Crippen molar-refractivity contribution in [1.82, 2.24) is 30.5 Å². The molecule has 2 atom stereocenters. The Balaban J connectivity index is 1.61. The number of thioether (sulfide) groups is 1. The van der Waals surface area contributed by atoms with Gasteiger partial charge in [0.15, 0.2) is 5.69 Å². The number of halogens is 5. The van der Waals surface area contributed by atoms with Crippen LogP contribution in [0.25, 0.3) is 0 Å². The summed E-state index contributed by atoms with van der Waals surface area (Å²) in [6.07, 6.45) is -0.392. The lowest BCUT2D eigenvalue weighted by Crippen LogP contribution is -2.52. The monoisotopic (exact) mass is 606 g/mol.